The molecule has 8 nitrogen and oxygen atoms in total. The van der Waals surface area contributed by atoms with Crippen LogP contribution in [0.3, 0.4) is 0 Å². The minimum absolute atomic E-state index is 0.0661. The molecule has 0 bridgehead atoms. The summed E-state index contributed by atoms with van der Waals surface area (Å²) in [6, 6.07) is 12.8. The van der Waals surface area contributed by atoms with Crippen LogP contribution in [0.1, 0.15) is 6.92 Å². The van der Waals surface area contributed by atoms with Crippen LogP contribution in [0.25, 0.3) is 0 Å². The van der Waals surface area contributed by atoms with Crippen molar-refractivity contribution in [3.63, 3.8) is 0 Å². The monoisotopic (exact) mass is 433 g/mol. The molecule has 0 aliphatic rings. The van der Waals surface area contributed by atoms with E-state index in [9.17, 15) is 13.2 Å². The number of carbonyl (C=O) groups excluding carboxylic acids is 1. The van der Waals surface area contributed by atoms with Gasteiger partial charge in [0.05, 0.1) is 11.5 Å². The maximum absolute atomic E-state index is 12.3. The van der Waals surface area contributed by atoms with Crippen molar-refractivity contribution in [3.8, 4) is 11.5 Å². The molecule has 0 aliphatic carbocycles. The Balaban J connectivity index is 1.53. The molecule has 29 heavy (non-hydrogen) atoms. The zero-order valence-electron chi connectivity index (χ0n) is 15.5. The summed E-state index contributed by atoms with van der Waals surface area (Å²) < 4.78 is 37.8. The second-order valence-corrected chi connectivity index (χ2v) is 8.29. The van der Waals surface area contributed by atoms with E-state index in [1.165, 1.54) is 41.8 Å². The minimum atomic E-state index is -3.73. The Labute approximate surface area is 172 Å². The Morgan fingerprint density at radius 1 is 1.03 bits per heavy atom. The second kappa shape index (κ2) is 9.39. The van der Waals surface area contributed by atoms with Gasteiger partial charge in [-0.1, -0.05) is 0 Å². The van der Waals surface area contributed by atoms with Crippen LogP contribution in [0.15, 0.2) is 65.0 Å². The fourth-order valence-corrected chi connectivity index (χ4v) is 4.10. The predicted molar refractivity (Wildman–Crippen MR) is 111 cm³/mol. The number of sulfonamides is 1. The van der Waals surface area contributed by atoms with Gasteiger partial charge in [-0.25, -0.2) is 13.4 Å². The molecule has 0 atom stereocenters. The van der Waals surface area contributed by atoms with Gasteiger partial charge in [0.2, 0.25) is 0 Å². The van der Waals surface area contributed by atoms with Gasteiger partial charge < -0.3 is 14.8 Å². The van der Waals surface area contributed by atoms with E-state index in [-0.39, 0.29) is 22.5 Å². The molecule has 3 rings (SSSR count). The SMILES string of the molecule is CCOc1ccc(OCC(=O)Nc2ccc(S(=O)(=O)Nc3nccs3)cc2)cc1. The summed E-state index contributed by atoms with van der Waals surface area (Å²) >= 11 is 1.18. The molecular formula is C19H19N3O5S2. The maximum Gasteiger partial charge on any atom is 0.263 e. The number of anilines is 2. The number of thiazole rings is 1. The van der Waals surface area contributed by atoms with Crippen LogP contribution in [0.2, 0.25) is 0 Å². The molecule has 0 saturated heterocycles. The molecule has 2 N–H and O–H groups in total. The number of ether oxygens (including phenoxy) is 2. The van der Waals surface area contributed by atoms with Gasteiger partial charge in [0.15, 0.2) is 11.7 Å². The van der Waals surface area contributed by atoms with Gasteiger partial charge in [-0.3, -0.25) is 9.52 Å². The molecule has 0 radical (unpaired) electrons. The number of nitrogens with zero attached hydrogens (tertiary/aromatic N) is 1. The Bertz CT molecular complexity index is 1030. The summed E-state index contributed by atoms with van der Waals surface area (Å²) in [6.07, 6.45) is 1.51. The maximum atomic E-state index is 12.3. The first-order valence-electron chi connectivity index (χ1n) is 8.64. The molecule has 152 valence electrons. The first-order valence-corrected chi connectivity index (χ1v) is 11.0. The first kappa shape index (κ1) is 20.6. The molecule has 0 fully saturated rings. The van der Waals surface area contributed by atoms with Crippen molar-refractivity contribution in [3.05, 3.63) is 60.1 Å². The molecule has 1 heterocycles. The van der Waals surface area contributed by atoms with Crippen LogP contribution in [0, 0.1) is 0 Å². The third-order valence-electron chi connectivity index (χ3n) is 3.61. The van der Waals surface area contributed by atoms with Gasteiger partial charge in [0.1, 0.15) is 11.5 Å². The fraction of sp³-hybridized carbons (Fsp3) is 0.158. The zero-order valence-corrected chi connectivity index (χ0v) is 17.1. The minimum Gasteiger partial charge on any atom is -0.494 e. The number of benzene rings is 2. The van der Waals surface area contributed by atoms with Crippen LogP contribution in [-0.4, -0.2) is 32.5 Å². The highest BCUT2D eigenvalue weighted by atomic mass is 32.2. The van der Waals surface area contributed by atoms with Gasteiger partial charge in [-0.2, -0.15) is 0 Å². The van der Waals surface area contributed by atoms with Crippen LogP contribution in [-0.2, 0) is 14.8 Å². The Kier molecular flexibility index (Phi) is 6.68. The Hall–Kier alpha value is -3.11. The molecule has 0 aliphatic heterocycles. The van der Waals surface area contributed by atoms with Crippen molar-refractivity contribution in [2.24, 2.45) is 0 Å². The molecule has 1 amide bonds. The molecule has 3 aromatic rings. The molecule has 2 aromatic carbocycles. The summed E-state index contributed by atoms with van der Waals surface area (Å²) in [4.78, 5) is 16.0. The van der Waals surface area contributed by atoms with Crippen molar-refractivity contribution in [2.75, 3.05) is 23.3 Å². The van der Waals surface area contributed by atoms with E-state index in [4.69, 9.17) is 9.47 Å². The average molecular weight is 434 g/mol. The van der Waals surface area contributed by atoms with Crippen LogP contribution in [0.4, 0.5) is 10.8 Å². The number of aromatic nitrogens is 1. The van der Waals surface area contributed by atoms with E-state index >= 15 is 0 Å². The number of hydrogen-bond acceptors (Lipinski definition) is 7. The van der Waals surface area contributed by atoms with E-state index in [0.29, 0.717) is 18.0 Å². The molecule has 10 heteroatoms. The Morgan fingerprint density at radius 2 is 1.69 bits per heavy atom. The number of carbonyl (C=O) groups is 1. The van der Waals surface area contributed by atoms with Gasteiger partial charge in [-0.15, -0.1) is 11.3 Å². The van der Waals surface area contributed by atoms with E-state index in [2.05, 4.69) is 15.0 Å². The number of amides is 1. The number of rotatable bonds is 9. The number of hydrogen-bond donors (Lipinski definition) is 2. The van der Waals surface area contributed by atoms with E-state index in [0.717, 1.165) is 5.75 Å². The van der Waals surface area contributed by atoms with Crippen molar-refractivity contribution in [1.29, 1.82) is 0 Å². The smallest absolute Gasteiger partial charge is 0.263 e. The third-order valence-corrected chi connectivity index (χ3v) is 5.78. The highest BCUT2D eigenvalue weighted by Crippen LogP contribution is 2.20. The fourth-order valence-electron chi connectivity index (χ4n) is 2.31. The van der Waals surface area contributed by atoms with Crippen LogP contribution in [0.5, 0.6) is 11.5 Å². The molecular weight excluding hydrogens is 414 g/mol. The van der Waals surface area contributed by atoms with Crippen molar-refractivity contribution in [1.82, 2.24) is 4.98 Å². The third kappa shape index (κ3) is 5.93. The summed E-state index contributed by atoms with van der Waals surface area (Å²) in [6.45, 7) is 2.29. The van der Waals surface area contributed by atoms with Crippen LogP contribution >= 0.6 is 11.3 Å². The number of nitrogens with one attached hydrogen (secondary N) is 2. The van der Waals surface area contributed by atoms with Crippen molar-refractivity contribution >= 4 is 38.1 Å². The summed E-state index contributed by atoms with van der Waals surface area (Å²) in [5.74, 6) is 0.900. The lowest BCUT2D eigenvalue weighted by atomic mass is 10.3. The molecule has 0 unspecified atom stereocenters. The zero-order chi connectivity index (χ0) is 20.7. The lowest BCUT2D eigenvalue weighted by Crippen LogP contribution is -2.20. The summed E-state index contributed by atoms with van der Waals surface area (Å²) in [5, 5.41) is 4.61. The van der Waals surface area contributed by atoms with Gasteiger partial charge in [-0.05, 0) is 55.5 Å². The van der Waals surface area contributed by atoms with E-state index in [1.807, 2.05) is 6.92 Å². The molecule has 0 spiro atoms. The topological polar surface area (TPSA) is 107 Å². The standard InChI is InChI=1S/C19H19N3O5S2/c1-2-26-15-5-7-16(8-6-15)27-13-18(23)21-14-3-9-17(10-4-14)29(24,25)22-19-20-11-12-28-19/h3-12H,2,13H2,1H3,(H,20,22)(H,21,23). The van der Waals surface area contributed by atoms with Crippen LogP contribution < -0.4 is 19.5 Å². The first-order chi connectivity index (χ1) is 14.0. The predicted octanol–water partition coefficient (Wildman–Crippen LogP) is 3.36. The Morgan fingerprint density at radius 3 is 2.28 bits per heavy atom. The normalized spacial score (nSPS) is 10.9. The highest BCUT2D eigenvalue weighted by Gasteiger charge is 2.15. The largest absolute Gasteiger partial charge is 0.494 e. The summed E-state index contributed by atoms with van der Waals surface area (Å²) in [7, 11) is -3.73. The average Bonchev–Trinajstić information content (AvgIpc) is 3.20. The van der Waals surface area contributed by atoms with Gasteiger partial charge >= 0.3 is 0 Å². The lowest BCUT2D eigenvalue weighted by Gasteiger charge is -2.09. The quantitative estimate of drug-likeness (QED) is 0.536. The lowest BCUT2D eigenvalue weighted by molar-refractivity contribution is -0.118. The second-order valence-electron chi connectivity index (χ2n) is 5.71. The van der Waals surface area contributed by atoms with Gasteiger partial charge in [0.25, 0.3) is 15.9 Å². The van der Waals surface area contributed by atoms with Crippen molar-refractivity contribution in [2.45, 2.75) is 11.8 Å². The van der Waals surface area contributed by atoms with Gasteiger partial charge in [0, 0.05) is 17.3 Å². The van der Waals surface area contributed by atoms with Crippen molar-refractivity contribution < 1.29 is 22.7 Å². The van der Waals surface area contributed by atoms with E-state index in [1.54, 1.807) is 29.6 Å². The highest BCUT2D eigenvalue weighted by molar-refractivity contribution is 7.93. The summed E-state index contributed by atoms with van der Waals surface area (Å²) in [5.41, 5.74) is 0.457. The molecule has 0 saturated carbocycles. The van der Waals surface area contributed by atoms with E-state index < -0.39 is 10.0 Å². The molecule has 1 aromatic heterocycles.